The average molecular weight is 356 g/mol. The van der Waals surface area contributed by atoms with Crippen LogP contribution < -0.4 is 0 Å². The third-order valence-corrected chi connectivity index (χ3v) is 6.32. The molecule has 4 nitrogen and oxygen atoms in total. The maximum atomic E-state index is 11.7. The van der Waals surface area contributed by atoms with Gasteiger partial charge in [-0.2, -0.15) is 0 Å². The highest BCUT2D eigenvalue weighted by atomic mass is 32.2. The summed E-state index contributed by atoms with van der Waals surface area (Å²) in [4.78, 5) is 6.00. The highest BCUT2D eigenvalue weighted by Crippen LogP contribution is 2.33. The minimum Gasteiger partial charge on any atom is -0.287 e. The Morgan fingerprint density at radius 3 is 2.42 bits per heavy atom. The zero-order valence-electron chi connectivity index (χ0n) is 13.6. The number of hydrogen-bond donors (Lipinski definition) is 0. The summed E-state index contributed by atoms with van der Waals surface area (Å²) in [6.45, 7) is 4.11. The van der Waals surface area contributed by atoms with E-state index >= 15 is 0 Å². The molecule has 0 aliphatic rings. The van der Waals surface area contributed by atoms with Crippen molar-refractivity contribution >= 4 is 36.4 Å². The summed E-state index contributed by atoms with van der Waals surface area (Å²) in [6.07, 6.45) is 1.23. The van der Waals surface area contributed by atoms with Crippen molar-refractivity contribution in [2.45, 2.75) is 18.7 Å². The van der Waals surface area contributed by atoms with E-state index < -0.39 is 9.84 Å². The number of nitrogens with zero attached hydrogens (tertiary/aromatic N) is 2. The van der Waals surface area contributed by atoms with Crippen LogP contribution in [0.1, 0.15) is 11.3 Å². The Morgan fingerprint density at radius 2 is 1.75 bits per heavy atom. The van der Waals surface area contributed by atoms with Gasteiger partial charge in [0, 0.05) is 17.5 Å². The largest absolute Gasteiger partial charge is 0.287 e. The summed E-state index contributed by atoms with van der Waals surface area (Å²) in [5, 5.41) is 0. The fourth-order valence-electron chi connectivity index (χ4n) is 2.90. The van der Waals surface area contributed by atoms with Crippen LogP contribution in [0.15, 0.2) is 47.4 Å². The lowest BCUT2D eigenvalue weighted by molar-refractivity contribution is 0.602. The van der Waals surface area contributed by atoms with E-state index in [9.17, 15) is 8.42 Å². The second kappa shape index (κ2) is 5.16. The first-order valence-corrected chi connectivity index (χ1v) is 10.2. The lowest BCUT2D eigenvalue weighted by atomic mass is 10.1. The molecule has 0 spiro atoms. The van der Waals surface area contributed by atoms with Gasteiger partial charge in [-0.1, -0.05) is 41.2 Å². The summed E-state index contributed by atoms with van der Waals surface area (Å²) in [5.41, 5.74) is 5.33. The standard InChI is InChI=1S/C18H16N2O2S2/c1-11-4-6-13(7-5-11)17-12(2)20-15-9-8-14(24(3,21)22)10-16(15)23-18(20)19-17/h4-10H,1-3H3. The van der Waals surface area contributed by atoms with Gasteiger partial charge in [0.05, 0.1) is 20.8 Å². The zero-order chi connectivity index (χ0) is 17.1. The van der Waals surface area contributed by atoms with Crippen LogP contribution in [0.5, 0.6) is 0 Å². The molecule has 2 aromatic carbocycles. The first-order chi connectivity index (χ1) is 11.3. The normalized spacial score (nSPS) is 12.3. The monoisotopic (exact) mass is 356 g/mol. The second-order valence-corrected chi connectivity index (χ2v) is 9.06. The van der Waals surface area contributed by atoms with Gasteiger partial charge in [0.15, 0.2) is 14.8 Å². The molecule has 4 rings (SSSR count). The van der Waals surface area contributed by atoms with Crippen LogP contribution in [0.4, 0.5) is 0 Å². The smallest absolute Gasteiger partial charge is 0.195 e. The lowest BCUT2D eigenvalue weighted by Gasteiger charge is -2.02. The quantitative estimate of drug-likeness (QED) is 0.540. The van der Waals surface area contributed by atoms with Gasteiger partial charge in [-0.05, 0) is 32.0 Å². The maximum absolute atomic E-state index is 11.7. The van der Waals surface area contributed by atoms with E-state index in [0.29, 0.717) is 4.90 Å². The van der Waals surface area contributed by atoms with Crippen LogP contribution in [-0.4, -0.2) is 24.1 Å². The van der Waals surface area contributed by atoms with Crippen molar-refractivity contribution in [3.05, 3.63) is 53.7 Å². The number of fused-ring (bicyclic) bond motifs is 3. The molecule has 2 heterocycles. The molecule has 122 valence electrons. The van der Waals surface area contributed by atoms with Crippen LogP contribution >= 0.6 is 11.3 Å². The molecule has 0 saturated heterocycles. The van der Waals surface area contributed by atoms with Gasteiger partial charge in [0.25, 0.3) is 0 Å². The number of imidazole rings is 1. The molecule has 0 bridgehead atoms. The SMILES string of the molecule is Cc1ccc(-c2nc3sc4cc(S(C)(=O)=O)ccc4n3c2C)cc1. The number of aromatic nitrogens is 2. The average Bonchev–Trinajstić information content (AvgIpc) is 3.03. The highest BCUT2D eigenvalue weighted by molar-refractivity contribution is 7.90. The molecule has 0 saturated carbocycles. The number of thiazole rings is 1. The minimum absolute atomic E-state index is 0.343. The third kappa shape index (κ3) is 2.34. The molecule has 0 atom stereocenters. The molecule has 6 heteroatoms. The van der Waals surface area contributed by atoms with E-state index in [-0.39, 0.29) is 0 Å². The van der Waals surface area contributed by atoms with Gasteiger partial charge >= 0.3 is 0 Å². The first-order valence-electron chi connectivity index (χ1n) is 7.53. The van der Waals surface area contributed by atoms with Gasteiger partial charge in [0.2, 0.25) is 0 Å². The van der Waals surface area contributed by atoms with Gasteiger partial charge in [-0.15, -0.1) is 0 Å². The molecule has 4 aromatic rings. The van der Waals surface area contributed by atoms with Crippen molar-refractivity contribution < 1.29 is 8.42 Å². The van der Waals surface area contributed by atoms with E-state index in [2.05, 4.69) is 35.6 Å². The Hall–Kier alpha value is -2.18. The Morgan fingerprint density at radius 1 is 1.04 bits per heavy atom. The zero-order valence-corrected chi connectivity index (χ0v) is 15.2. The molecule has 0 fully saturated rings. The van der Waals surface area contributed by atoms with Crippen molar-refractivity contribution in [1.82, 2.24) is 9.38 Å². The van der Waals surface area contributed by atoms with Gasteiger partial charge < -0.3 is 0 Å². The first kappa shape index (κ1) is 15.4. The van der Waals surface area contributed by atoms with Gasteiger partial charge in [-0.25, -0.2) is 13.4 Å². The van der Waals surface area contributed by atoms with E-state index in [4.69, 9.17) is 4.98 Å². The molecule has 0 aliphatic carbocycles. The van der Waals surface area contributed by atoms with Gasteiger partial charge in [-0.3, -0.25) is 4.40 Å². The third-order valence-electron chi connectivity index (χ3n) is 4.20. The predicted octanol–water partition coefficient (Wildman–Crippen LogP) is 4.24. The topological polar surface area (TPSA) is 51.4 Å². The molecular formula is C18H16N2O2S2. The number of aryl methyl sites for hydroxylation is 2. The lowest BCUT2D eigenvalue weighted by Crippen LogP contribution is -1.96. The molecule has 2 aromatic heterocycles. The molecule has 0 aliphatic heterocycles. The number of benzene rings is 2. The fourth-order valence-corrected chi connectivity index (χ4v) is 4.73. The number of hydrogen-bond acceptors (Lipinski definition) is 4. The summed E-state index contributed by atoms with van der Waals surface area (Å²) in [6, 6.07) is 13.6. The Bertz CT molecular complexity index is 1180. The predicted molar refractivity (Wildman–Crippen MR) is 98.6 cm³/mol. The van der Waals surface area contributed by atoms with Crippen LogP contribution in [0.2, 0.25) is 0 Å². The molecular weight excluding hydrogens is 340 g/mol. The Balaban J connectivity index is 1.96. The van der Waals surface area contributed by atoms with Crippen LogP contribution in [0.3, 0.4) is 0 Å². The van der Waals surface area contributed by atoms with E-state index in [1.165, 1.54) is 23.2 Å². The number of rotatable bonds is 2. The minimum atomic E-state index is -3.20. The van der Waals surface area contributed by atoms with E-state index in [1.54, 1.807) is 12.1 Å². The highest BCUT2D eigenvalue weighted by Gasteiger charge is 2.17. The maximum Gasteiger partial charge on any atom is 0.195 e. The van der Waals surface area contributed by atoms with Crippen molar-refractivity contribution in [2.24, 2.45) is 0 Å². The second-order valence-electron chi connectivity index (χ2n) is 6.03. The van der Waals surface area contributed by atoms with E-state index in [0.717, 1.165) is 32.1 Å². The molecule has 0 N–H and O–H groups in total. The fraction of sp³-hybridized carbons (Fsp3) is 0.167. The van der Waals surface area contributed by atoms with Crippen LogP contribution in [0.25, 0.3) is 26.4 Å². The van der Waals surface area contributed by atoms with E-state index in [1.807, 2.05) is 13.0 Å². The molecule has 0 amide bonds. The summed E-state index contributed by atoms with van der Waals surface area (Å²) >= 11 is 1.51. The van der Waals surface area contributed by atoms with Crippen molar-refractivity contribution in [3.8, 4) is 11.3 Å². The summed E-state index contributed by atoms with van der Waals surface area (Å²) in [5.74, 6) is 0. The van der Waals surface area contributed by atoms with Crippen molar-refractivity contribution in [1.29, 1.82) is 0 Å². The Labute approximate surface area is 144 Å². The molecule has 0 unspecified atom stereocenters. The van der Waals surface area contributed by atoms with Gasteiger partial charge in [0.1, 0.15) is 0 Å². The van der Waals surface area contributed by atoms with Crippen LogP contribution in [0, 0.1) is 13.8 Å². The summed E-state index contributed by atoms with van der Waals surface area (Å²) in [7, 11) is -3.20. The Kier molecular flexibility index (Phi) is 3.30. The summed E-state index contributed by atoms with van der Waals surface area (Å²) < 4.78 is 26.5. The molecule has 0 radical (unpaired) electrons. The molecule has 24 heavy (non-hydrogen) atoms. The van der Waals surface area contributed by atoms with Crippen molar-refractivity contribution in [3.63, 3.8) is 0 Å². The van der Waals surface area contributed by atoms with Crippen LogP contribution in [-0.2, 0) is 9.84 Å². The van der Waals surface area contributed by atoms with Crippen molar-refractivity contribution in [2.75, 3.05) is 6.26 Å². The number of sulfone groups is 1.